The Hall–Kier alpha value is -2.46. The van der Waals surface area contributed by atoms with E-state index in [0.717, 1.165) is 30.9 Å². The SMILES string of the molecule is CC(c1ccccn1)N(CCc1cnc[nH]1)Cc1ccccc1. The van der Waals surface area contributed by atoms with Gasteiger partial charge in [-0.25, -0.2) is 4.98 Å². The fourth-order valence-electron chi connectivity index (χ4n) is 2.72. The summed E-state index contributed by atoms with van der Waals surface area (Å²) in [6.07, 6.45) is 6.44. The first-order valence-electron chi connectivity index (χ1n) is 7.99. The Labute approximate surface area is 137 Å². The first kappa shape index (κ1) is 15.4. The molecule has 0 fully saturated rings. The van der Waals surface area contributed by atoms with Crippen LogP contribution in [0.2, 0.25) is 0 Å². The van der Waals surface area contributed by atoms with Gasteiger partial charge in [0.15, 0.2) is 0 Å². The number of aromatic nitrogens is 3. The standard InChI is InChI=1S/C19H22N4/c1-16(19-9-5-6-11-21-19)23(12-10-18-13-20-15-22-18)14-17-7-3-2-4-8-17/h2-9,11,13,15-16H,10,12,14H2,1H3,(H,20,22). The number of aromatic amines is 1. The van der Waals surface area contributed by atoms with E-state index in [-0.39, 0.29) is 6.04 Å². The molecule has 1 aromatic carbocycles. The minimum atomic E-state index is 0.263. The minimum absolute atomic E-state index is 0.263. The lowest BCUT2D eigenvalue weighted by Crippen LogP contribution is -2.29. The third-order valence-corrected chi connectivity index (χ3v) is 4.12. The van der Waals surface area contributed by atoms with Gasteiger partial charge in [-0.05, 0) is 24.6 Å². The Kier molecular flexibility index (Phi) is 5.17. The Morgan fingerprint density at radius 2 is 1.91 bits per heavy atom. The highest BCUT2D eigenvalue weighted by Crippen LogP contribution is 2.21. The number of nitrogens with zero attached hydrogens (tertiary/aromatic N) is 3. The second kappa shape index (κ2) is 7.70. The number of hydrogen-bond acceptors (Lipinski definition) is 3. The molecule has 3 rings (SSSR count). The largest absolute Gasteiger partial charge is 0.348 e. The first-order valence-corrected chi connectivity index (χ1v) is 7.99. The molecule has 4 heteroatoms. The first-order chi connectivity index (χ1) is 11.3. The molecule has 0 bridgehead atoms. The molecule has 0 saturated carbocycles. The maximum Gasteiger partial charge on any atom is 0.0921 e. The quantitative estimate of drug-likeness (QED) is 0.725. The predicted molar refractivity (Wildman–Crippen MR) is 91.8 cm³/mol. The zero-order valence-corrected chi connectivity index (χ0v) is 13.4. The maximum absolute atomic E-state index is 4.52. The fourth-order valence-corrected chi connectivity index (χ4v) is 2.72. The molecular weight excluding hydrogens is 284 g/mol. The van der Waals surface area contributed by atoms with Crippen LogP contribution in [0, 0.1) is 0 Å². The van der Waals surface area contributed by atoms with Crippen molar-refractivity contribution in [2.24, 2.45) is 0 Å². The number of pyridine rings is 1. The Morgan fingerprint density at radius 1 is 1.09 bits per heavy atom. The number of benzene rings is 1. The van der Waals surface area contributed by atoms with Gasteiger partial charge in [0.25, 0.3) is 0 Å². The van der Waals surface area contributed by atoms with Crippen LogP contribution in [-0.4, -0.2) is 26.4 Å². The smallest absolute Gasteiger partial charge is 0.0921 e. The van der Waals surface area contributed by atoms with Crippen LogP contribution in [0.25, 0.3) is 0 Å². The lowest BCUT2D eigenvalue weighted by molar-refractivity contribution is 0.200. The summed E-state index contributed by atoms with van der Waals surface area (Å²) >= 11 is 0. The second-order valence-corrected chi connectivity index (χ2v) is 5.71. The van der Waals surface area contributed by atoms with Crippen molar-refractivity contribution in [1.82, 2.24) is 19.9 Å². The number of rotatable bonds is 7. The predicted octanol–water partition coefficient (Wildman–Crippen LogP) is 3.61. The molecule has 118 valence electrons. The number of nitrogens with one attached hydrogen (secondary N) is 1. The summed E-state index contributed by atoms with van der Waals surface area (Å²) in [6.45, 7) is 4.08. The average Bonchev–Trinajstić information content (AvgIpc) is 3.13. The molecule has 0 saturated heterocycles. The topological polar surface area (TPSA) is 44.8 Å². The van der Waals surface area contributed by atoms with Crippen molar-refractivity contribution < 1.29 is 0 Å². The van der Waals surface area contributed by atoms with E-state index in [1.165, 1.54) is 5.56 Å². The van der Waals surface area contributed by atoms with Crippen LogP contribution in [0.5, 0.6) is 0 Å². The number of hydrogen-bond donors (Lipinski definition) is 1. The van der Waals surface area contributed by atoms with E-state index in [1.54, 1.807) is 6.33 Å². The van der Waals surface area contributed by atoms with Crippen LogP contribution in [0.15, 0.2) is 67.3 Å². The molecule has 1 atom stereocenters. The zero-order chi connectivity index (χ0) is 15.9. The van der Waals surface area contributed by atoms with Crippen molar-refractivity contribution in [3.05, 3.63) is 84.2 Å². The van der Waals surface area contributed by atoms with Crippen molar-refractivity contribution in [2.75, 3.05) is 6.54 Å². The van der Waals surface area contributed by atoms with Crippen LogP contribution < -0.4 is 0 Å². The van der Waals surface area contributed by atoms with Crippen molar-refractivity contribution in [3.8, 4) is 0 Å². The third kappa shape index (κ3) is 4.27. The number of H-pyrrole nitrogens is 1. The average molecular weight is 306 g/mol. The maximum atomic E-state index is 4.52. The van der Waals surface area contributed by atoms with Crippen molar-refractivity contribution in [2.45, 2.75) is 25.9 Å². The minimum Gasteiger partial charge on any atom is -0.348 e. The zero-order valence-electron chi connectivity index (χ0n) is 13.4. The lowest BCUT2D eigenvalue weighted by atomic mass is 10.1. The van der Waals surface area contributed by atoms with Gasteiger partial charge in [0.05, 0.1) is 12.0 Å². The van der Waals surface area contributed by atoms with E-state index >= 15 is 0 Å². The van der Waals surface area contributed by atoms with Crippen LogP contribution in [-0.2, 0) is 13.0 Å². The molecule has 0 amide bonds. The highest BCUT2D eigenvalue weighted by atomic mass is 15.2. The molecule has 1 unspecified atom stereocenters. The van der Waals surface area contributed by atoms with Crippen molar-refractivity contribution in [1.29, 1.82) is 0 Å². The van der Waals surface area contributed by atoms with Crippen molar-refractivity contribution in [3.63, 3.8) is 0 Å². The number of imidazole rings is 1. The van der Waals surface area contributed by atoms with Crippen molar-refractivity contribution >= 4 is 0 Å². The Bertz CT molecular complexity index is 680. The van der Waals surface area contributed by atoms with E-state index in [9.17, 15) is 0 Å². The molecule has 1 N–H and O–H groups in total. The summed E-state index contributed by atoms with van der Waals surface area (Å²) in [5.74, 6) is 0. The van der Waals surface area contributed by atoms with E-state index in [4.69, 9.17) is 0 Å². The molecule has 4 nitrogen and oxygen atoms in total. The van der Waals surface area contributed by atoms with Crippen LogP contribution in [0.3, 0.4) is 0 Å². The van der Waals surface area contributed by atoms with Gasteiger partial charge in [-0.1, -0.05) is 36.4 Å². The lowest BCUT2D eigenvalue weighted by Gasteiger charge is -2.28. The summed E-state index contributed by atoms with van der Waals surface area (Å²) in [5.41, 5.74) is 3.59. The fraction of sp³-hybridized carbons (Fsp3) is 0.263. The molecule has 0 aliphatic carbocycles. The van der Waals surface area contributed by atoms with Gasteiger partial charge in [-0.3, -0.25) is 9.88 Å². The third-order valence-electron chi connectivity index (χ3n) is 4.12. The van der Waals surface area contributed by atoms with Crippen LogP contribution in [0.1, 0.15) is 29.9 Å². The molecular formula is C19H22N4. The van der Waals surface area contributed by atoms with Gasteiger partial charge in [0.2, 0.25) is 0 Å². The van der Waals surface area contributed by atoms with Gasteiger partial charge in [0, 0.05) is 43.6 Å². The summed E-state index contributed by atoms with van der Waals surface area (Å²) in [7, 11) is 0. The van der Waals surface area contributed by atoms with E-state index in [1.807, 2.05) is 18.5 Å². The van der Waals surface area contributed by atoms with Crippen LogP contribution in [0.4, 0.5) is 0 Å². The summed E-state index contributed by atoms with van der Waals surface area (Å²) in [5, 5.41) is 0. The molecule has 0 spiro atoms. The highest BCUT2D eigenvalue weighted by molar-refractivity contribution is 5.16. The van der Waals surface area contributed by atoms with Gasteiger partial charge >= 0.3 is 0 Å². The van der Waals surface area contributed by atoms with E-state index in [2.05, 4.69) is 69.2 Å². The molecule has 23 heavy (non-hydrogen) atoms. The highest BCUT2D eigenvalue weighted by Gasteiger charge is 2.17. The van der Waals surface area contributed by atoms with E-state index < -0.39 is 0 Å². The summed E-state index contributed by atoms with van der Waals surface area (Å²) < 4.78 is 0. The molecule has 2 aromatic heterocycles. The molecule has 2 heterocycles. The molecule has 0 aliphatic heterocycles. The van der Waals surface area contributed by atoms with Gasteiger partial charge in [-0.15, -0.1) is 0 Å². The van der Waals surface area contributed by atoms with Gasteiger partial charge in [0.1, 0.15) is 0 Å². The summed E-state index contributed by atoms with van der Waals surface area (Å²) in [4.78, 5) is 14.3. The second-order valence-electron chi connectivity index (χ2n) is 5.71. The molecule has 0 radical (unpaired) electrons. The normalized spacial score (nSPS) is 12.4. The van der Waals surface area contributed by atoms with Gasteiger partial charge < -0.3 is 4.98 Å². The monoisotopic (exact) mass is 306 g/mol. The molecule has 3 aromatic rings. The Balaban J connectivity index is 1.74. The van der Waals surface area contributed by atoms with Crippen LogP contribution >= 0.6 is 0 Å². The summed E-state index contributed by atoms with van der Waals surface area (Å²) in [6, 6.07) is 17.0. The van der Waals surface area contributed by atoms with Gasteiger partial charge in [-0.2, -0.15) is 0 Å². The molecule has 0 aliphatic rings. The van der Waals surface area contributed by atoms with E-state index in [0.29, 0.717) is 0 Å². The Morgan fingerprint density at radius 3 is 2.61 bits per heavy atom.